The molecule has 1 N–H and O–H groups in total. The van der Waals surface area contributed by atoms with Gasteiger partial charge in [0.1, 0.15) is 0 Å². The first kappa shape index (κ1) is 19.1. The quantitative estimate of drug-likeness (QED) is 0.645. The fourth-order valence-electron chi connectivity index (χ4n) is 1.83. The van der Waals surface area contributed by atoms with E-state index < -0.39 is 10.0 Å². The monoisotopic (exact) mass is 392 g/mol. The Morgan fingerprint density at radius 3 is 2.45 bits per heavy atom. The molecule has 1 rings (SSSR count). The summed E-state index contributed by atoms with van der Waals surface area (Å²) in [6.07, 6.45) is 1.78. The van der Waals surface area contributed by atoms with Crippen LogP contribution < -0.4 is 5.32 Å². The van der Waals surface area contributed by atoms with Gasteiger partial charge < -0.3 is 10.1 Å². The van der Waals surface area contributed by atoms with Gasteiger partial charge in [-0.3, -0.25) is 4.79 Å². The van der Waals surface area contributed by atoms with Gasteiger partial charge in [0.25, 0.3) is 5.91 Å². The number of methoxy groups -OCH3 is 1. The van der Waals surface area contributed by atoms with Gasteiger partial charge in [-0.1, -0.05) is 15.9 Å². The van der Waals surface area contributed by atoms with E-state index in [1.54, 1.807) is 31.4 Å². The third-order valence-electron chi connectivity index (χ3n) is 2.98. The van der Waals surface area contributed by atoms with Crippen molar-refractivity contribution < 1.29 is 17.9 Å². The van der Waals surface area contributed by atoms with Crippen molar-refractivity contribution in [3.8, 4) is 0 Å². The van der Waals surface area contributed by atoms with Crippen molar-refractivity contribution in [2.75, 3.05) is 39.6 Å². The van der Waals surface area contributed by atoms with E-state index in [1.807, 2.05) is 0 Å². The van der Waals surface area contributed by atoms with Gasteiger partial charge in [-0.15, -0.1) is 0 Å². The lowest BCUT2D eigenvalue weighted by molar-refractivity contribution is 0.0951. The topological polar surface area (TPSA) is 75.7 Å². The van der Waals surface area contributed by atoms with Crippen LogP contribution >= 0.6 is 15.9 Å². The molecule has 0 saturated carbocycles. The number of hydrogen-bond donors (Lipinski definition) is 1. The van der Waals surface area contributed by atoms with Crippen molar-refractivity contribution in [3.05, 3.63) is 34.3 Å². The summed E-state index contributed by atoms with van der Waals surface area (Å²) in [7, 11) is -1.72. The van der Waals surface area contributed by atoms with Crippen LogP contribution in [0.25, 0.3) is 0 Å². The van der Waals surface area contributed by atoms with Crippen molar-refractivity contribution >= 4 is 31.9 Å². The van der Waals surface area contributed by atoms with E-state index in [2.05, 4.69) is 21.2 Å². The largest absolute Gasteiger partial charge is 0.385 e. The van der Waals surface area contributed by atoms with Crippen LogP contribution in [0.15, 0.2) is 28.7 Å². The molecule has 1 aromatic carbocycles. The molecular weight excluding hydrogens is 372 g/mol. The number of carbonyl (C=O) groups is 1. The minimum absolute atomic E-state index is 0.224. The molecule has 0 heterocycles. The highest BCUT2D eigenvalue weighted by atomic mass is 79.9. The lowest BCUT2D eigenvalue weighted by atomic mass is 10.2. The number of rotatable bonds is 9. The number of carbonyl (C=O) groups excluding carboxylic acids is 1. The number of ether oxygens (including phenoxy) is 1. The van der Waals surface area contributed by atoms with E-state index in [0.717, 1.165) is 10.7 Å². The second-order valence-electron chi connectivity index (χ2n) is 4.77. The molecule has 0 aliphatic rings. The van der Waals surface area contributed by atoms with Gasteiger partial charge in [-0.2, -0.15) is 0 Å². The van der Waals surface area contributed by atoms with E-state index >= 15 is 0 Å². The molecule has 1 aromatic rings. The zero-order chi connectivity index (χ0) is 16.6. The molecule has 0 aromatic heterocycles. The van der Waals surface area contributed by atoms with Gasteiger partial charge in [0.2, 0.25) is 10.0 Å². The highest BCUT2D eigenvalue weighted by Crippen LogP contribution is 2.10. The van der Waals surface area contributed by atoms with Crippen LogP contribution in [0.3, 0.4) is 0 Å². The Balaban J connectivity index is 2.48. The Morgan fingerprint density at radius 2 is 1.91 bits per heavy atom. The Labute approximate surface area is 140 Å². The van der Waals surface area contributed by atoms with E-state index in [9.17, 15) is 13.2 Å². The third-order valence-corrected chi connectivity index (χ3v) is 4.81. The maximum atomic E-state index is 11.9. The van der Waals surface area contributed by atoms with Crippen molar-refractivity contribution in [3.63, 3.8) is 0 Å². The molecule has 0 unspecified atom stereocenters. The Morgan fingerprint density at radius 1 is 1.27 bits per heavy atom. The Hall–Kier alpha value is -0.960. The first-order valence-corrected chi connectivity index (χ1v) is 9.46. The molecular formula is C14H21BrN2O4S. The molecule has 0 fully saturated rings. The van der Waals surface area contributed by atoms with Crippen molar-refractivity contribution in [1.82, 2.24) is 9.62 Å². The van der Waals surface area contributed by atoms with Crippen LogP contribution in [0.2, 0.25) is 0 Å². The molecule has 0 saturated heterocycles. The molecule has 0 aliphatic heterocycles. The number of benzene rings is 1. The molecule has 22 heavy (non-hydrogen) atoms. The van der Waals surface area contributed by atoms with Gasteiger partial charge in [0, 0.05) is 43.4 Å². The maximum absolute atomic E-state index is 11.9. The second kappa shape index (κ2) is 9.24. The summed E-state index contributed by atoms with van der Waals surface area (Å²) in [6.45, 7) is 1.37. The SMILES string of the molecule is COCCCN(CCNC(=O)c1ccc(Br)cc1)S(C)(=O)=O. The maximum Gasteiger partial charge on any atom is 0.251 e. The van der Waals surface area contributed by atoms with Crippen LogP contribution in [-0.2, 0) is 14.8 Å². The molecule has 1 amide bonds. The van der Waals surface area contributed by atoms with Gasteiger partial charge in [-0.25, -0.2) is 12.7 Å². The number of sulfonamides is 1. The minimum Gasteiger partial charge on any atom is -0.385 e. The van der Waals surface area contributed by atoms with Crippen LogP contribution in [-0.4, -0.2) is 58.2 Å². The lowest BCUT2D eigenvalue weighted by Crippen LogP contribution is -2.38. The number of hydrogen-bond acceptors (Lipinski definition) is 4. The van der Waals surface area contributed by atoms with Gasteiger partial charge in [-0.05, 0) is 30.7 Å². The number of halogens is 1. The summed E-state index contributed by atoms with van der Waals surface area (Å²) in [5, 5.41) is 2.72. The summed E-state index contributed by atoms with van der Waals surface area (Å²) in [6, 6.07) is 6.96. The van der Waals surface area contributed by atoms with Crippen LogP contribution in [0.5, 0.6) is 0 Å². The average molecular weight is 393 g/mol. The van der Waals surface area contributed by atoms with E-state index in [4.69, 9.17) is 4.74 Å². The first-order valence-electron chi connectivity index (χ1n) is 6.82. The normalized spacial score (nSPS) is 11.6. The van der Waals surface area contributed by atoms with E-state index in [0.29, 0.717) is 25.1 Å². The lowest BCUT2D eigenvalue weighted by Gasteiger charge is -2.19. The van der Waals surface area contributed by atoms with E-state index in [1.165, 1.54) is 4.31 Å². The standard InChI is InChI=1S/C14H21BrN2O4S/c1-21-11-3-9-17(22(2,19)20)10-8-16-14(18)12-4-6-13(15)7-5-12/h4-7H,3,8-11H2,1-2H3,(H,16,18). The summed E-state index contributed by atoms with van der Waals surface area (Å²) >= 11 is 3.30. The first-order chi connectivity index (χ1) is 10.3. The Bertz CT molecular complexity index is 575. The predicted molar refractivity (Wildman–Crippen MR) is 89.4 cm³/mol. The summed E-state index contributed by atoms with van der Waals surface area (Å²) < 4.78 is 30.5. The average Bonchev–Trinajstić information content (AvgIpc) is 2.45. The molecule has 0 atom stereocenters. The zero-order valence-corrected chi connectivity index (χ0v) is 15.1. The van der Waals surface area contributed by atoms with Crippen molar-refractivity contribution in [2.45, 2.75) is 6.42 Å². The fraction of sp³-hybridized carbons (Fsp3) is 0.500. The predicted octanol–water partition coefficient (Wildman–Crippen LogP) is 1.48. The molecule has 6 nitrogen and oxygen atoms in total. The highest BCUT2D eigenvalue weighted by molar-refractivity contribution is 9.10. The van der Waals surface area contributed by atoms with Crippen LogP contribution in [0.4, 0.5) is 0 Å². The number of nitrogens with zero attached hydrogens (tertiary/aromatic N) is 1. The van der Waals surface area contributed by atoms with Crippen LogP contribution in [0, 0.1) is 0 Å². The van der Waals surface area contributed by atoms with Crippen molar-refractivity contribution in [2.24, 2.45) is 0 Å². The summed E-state index contributed by atoms with van der Waals surface area (Å²) in [4.78, 5) is 11.9. The third kappa shape index (κ3) is 6.87. The molecule has 124 valence electrons. The van der Waals surface area contributed by atoms with Crippen molar-refractivity contribution in [1.29, 1.82) is 0 Å². The van der Waals surface area contributed by atoms with Gasteiger partial charge in [0.05, 0.1) is 6.26 Å². The molecule has 0 aliphatic carbocycles. The molecule has 0 spiro atoms. The van der Waals surface area contributed by atoms with Gasteiger partial charge in [0.15, 0.2) is 0 Å². The van der Waals surface area contributed by atoms with Gasteiger partial charge >= 0.3 is 0 Å². The summed E-state index contributed by atoms with van der Waals surface area (Å²) in [5.41, 5.74) is 0.536. The minimum atomic E-state index is -3.29. The molecule has 8 heteroatoms. The highest BCUT2D eigenvalue weighted by Gasteiger charge is 2.16. The number of amides is 1. The zero-order valence-electron chi connectivity index (χ0n) is 12.7. The molecule has 0 bridgehead atoms. The molecule has 0 radical (unpaired) electrons. The second-order valence-corrected chi connectivity index (χ2v) is 7.67. The van der Waals surface area contributed by atoms with E-state index in [-0.39, 0.29) is 19.0 Å². The van der Waals surface area contributed by atoms with Crippen LogP contribution in [0.1, 0.15) is 16.8 Å². The Kier molecular flexibility index (Phi) is 8.02. The smallest absolute Gasteiger partial charge is 0.251 e. The summed E-state index contributed by atoms with van der Waals surface area (Å²) in [5.74, 6) is -0.224. The fourth-order valence-corrected chi connectivity index (χ4v) is 2.97. The number of nitrogens with one attached hydrogen (secondary N) is 1.